The van der Waals surface area contributed by atoms with Crippen molar-refractivity contribution in [1.29, 1.82) is 0 Å². The summed E-state index contributed by atoms with van der Waals surface area (Å²) in [6.45, 7) is 14.1. The maximum atomic E-state index is 11.1. The highest BCUT2D eigenvalue weighted by Crippen LogP contribution is 2.39. The average Bonchev–Trinajstić information content (AvgIpc) is 3.85. The first-order valence-corrected chi connectivity index (χ1v) is 25.0. The van der Waals surface area contributed by atoms with E-state index in [2.05, 4.69) is 86.7 Å². The van der Waals surface area contributed by atoms with Crippen LogP contribution in [0.4, 0.5) is 56.0 Å². The summed E-state index contributed by atoms with van der Waals surface area (Å²) in [5, 5.41) is 29.1. The Hall–Kier alpha value is -5.72. The molecule has 344 valence electrons. The molecule has 0 aliphatic rings. The van der Waals surface area contributed by atoms with Crippen LogP contribution < -0.4 is 36.6 Å². The first-order valence-electron chi connectivity index (χ1n) is 20.6. The van der Waals surface area contributed by atoms with E-state index in [9.17, 15) is 13.5 Å². The lowest BCUT2D eigenvalue weighted by Gasteiger charge is -2.22. The minimum absolute atomic E-state index is 0.0434. The number of phenols is 1. The molecule has 8 N–H and O–H groups in total. The molecule has 0 amide bonds. The van der Waals surface area contributed by atoms with Crippen molar-refractivity contribution in [3.05, 3.63) is 60.7 Å². The predicted molar refractivity (Wildman–Crippen MR) is 270 cm³/mol. The molecule has 0 saturated heterocycles. The smallest absolute Gasteiger partial charge is 0.298 e. The summed E-state index contributed by atoms with van der Waals surface area (Å²) in [6.07, 6.45) is 2.11. The van der Waals surface area contributed by atoms with Crippen LogP contribution in [-0.2, 0) is 10.1 Å². The molecule has 0 aliphatic carbocycles. The Morgan fingerprint density at radius 3 is 2.05 bits per heavy atom. The van der Waals surface area contributed by atoms with Crippen LogP contribution in [0.5, 0.6) is 11.5 Å². The number of thioether (sulfide) groups is 1. The number of thiol groups is 1. The van der Waals surface area contributed by atoms with Gasteiger partial charge in [0.1, 0.15) is 27.1 Å². The molecule has 7 rings (SSSR count). The first kappa shape index (κ1) is 48.7. The minimum atomic E-state index is -4.33. The highest BCUT2D eigenvalue weighted by atomic mass is 32.2. The highest BCUT2D eigenvalue weighted by molar-refractivity contribution is 7.99. The van der Waals surface area contributed by atoms with Gasteiger partial charge < -0.3 is 41.7 Å². The first-order chi connectivity index (χ1) is 31.2. The number of nitrogens with one attached hydrogen (secondary N) is 2. The van der Waals surface area contributed by atoms with Crippen LogP contribution in [0.2, 0.25) is 0 Å². The van der Waals surface area contributed by atoms with Crippen molar-refractivity contribution in [2.24, 2.45) is 10.2 Å². The number of unbranched alkanes of at least 4 members (excludes halogenated alkanes) is 1. The molecule has 7 aromatic rings. The predicted octanol–water partition coefficient (Wildman–Crippen LogP) is 10.7. The van der Waals surface area contributed by atoms with Crippen molar-refractivity contribution in [1.82, 2.24) is 23.7 Å². The molecule has 0 unspecified atom stereocenters. The van der Waals surface area contributed by atoms with Gasteiger partial charge in [-0.05, 0) is 118 Å². The second kappa shape index (κ2) is 22.0. The standard InChI is InChI=1S/C34H43N11OS3.C8H8N2O4S2/c1-6-11-16-48-34-39-32(36-27-17-21(12-14-24(27)35)44(7-2)8-3)38-33(40-34)37-28-18-22(45(9-4)10-5)13-15-25(28)41-42-31-23-19-29(46)30(47)20-26(23)43-49-31;1-14-6-2-4-5(10-15-8(4)9)3-7(6)16(11,12)13/h12-15,17-20,46-47H,6-11,16,35H2,1-5H3,(H2,36,37,38,39,40);2-3H,9H2,1H3,(H,11,12,13). The molecule has 0 radical (unpaired) electrons. The number of nitrogen functional groups attached to an aromatic ring is 2. The molecular weight excluding hydrogens is 927 g/mol. The van der Waals surface area contributed by atoms with Crippen molar-refractivity contribution in [3.63, 3.8) is 0 Å². The van der Waals surface area contributed by atoms with Gasteiger partial charge in [0.05, 0.1) is 35.2 Å². The average molecular weight is 978 g/mol. The lowest BCUT2D eigenvalue weighted by atomic mass is 10.2. The summed E-state index contributed by atoms with van der Waals surface area (Å²) in [5.74, 6) is 1.72. The van der Waals surface area contributed by atoms with Crippen LogP contribution >= 0.6 is 47.5 Å². The zero-order chi connectivity index (χ0) is 46.8. The summed E-state index contributed by atoms with van der Waals surface area (Å²) < 4.78 is 44.5. The van der Waals surface area contributed by atoms with Crippen molar-refractivity contribution < 1.29 is 22.8 Å². The number of aromatic hydroxyl groups is 1. The van der Waals surface area contributed by atoms with E-state index in [-0.39, 0.29) is 16.4 Å². The Morgan fingerprint density at radius 1 is 0.800 bits per heavy atom. The monoisotopic (exact) mass is 977 g/mol. The van der Waals surface area contributed by atoms with E-state index in [1.807, 2.05) is 36.4 Å². The van der Waals surface area contributed by atoms with E-state index in [4.69, 9.17) is 35.7 Å². The Kier molecular flexibility index (Phi) is 16.5. The number of benzene rings is 4. The van der Waals surface area contributed by atoms with Gasteiger partial charge in [0, 0.05) is 59.0 Å². The van der Waals surface area contributed by atoms with E-state index >= 15 is 0 Å². The van der Waals surface area contributed by atoms with Crippen LogP contribution in [-0.4, -0.2) is 80.8 Å². The maximum Gasteiger partial charge on any atom is 0.298 e. The number of azo groups is 1. The van der Waals surface area contributed by atoms with Gasteiger partial charge in [0.25, 0.3) is 10.1 Å². The third-order valence-electron chi connectivity index (χ3n) is 9.98. The quantitative estimate of drug-likeness (QED) is 0.0105. The molecule has 0 spiro atoms. The fourth-order valence-corrected chi connectivity index (χ4v) is 9.52. The van der Waals surface area contributed by atoms with Crippen LogP contribution in [0.3, 0.4) is 0 Å². The van der Waals surface area contributed by atoms with Crippen molar-refractivity contribution in [2.75, 3.05) is 70.9 Å². The van der Waals surface area contributed by atoms with Crippen LogP contribution in [0, 0.1) is 0 Å². The van der Waals surface area contributed by atoms with Gasteiger partial charge in [-0.2, -0.15) is 32.1 Å². The van der Waals surface area contributed by atoms with E-state index < -0.39 is 10.1 Å². The number of aromatic nitrogens is 5. The van der Waals surface area contributed by atoms with Crippen molar-refractivity contribution in [2.45, 2.75) is 62.4 Å². The van der Waals surface area contributed by atoms with E-state index in [0.29, 0.717) is 70.8 Å². The van der Waals surface area contributed by atoms with Crippen LogP contribution in [0.1, 0.15) is 47.5 Å². The molecule has 0 atom stereocenters. The molecule has 0 fully saturated rings. The molecule has 4 aromatic carbocycles. The Morgan fingerprint density at radius 2 is 1.42 bits per heavy atom. The lowest BCUT2D eigenvalue weighted by molar-refractivity contribution is 0.398. The van der Waals surface area contributed by atoms with E-state index in [0.717, 1.165) is 73.4 Å². The number of anilines is 8. The SMILES string of the molecule is CCCCSc1nc(Nc2cc(N(CC)CC)ccc2N)nc(Nc2cc(N(CC)CC)ccc2N=Nc2snc3cc(S)c(O)cc23)n1.COc1cc2c(N)snc2cc1S(=O)(=O)O. The summed E-state index contributed by atoms with van der Waals surface area (Å²) in [4.78, 5) is 19.0. The highest BCUT2D eigenvalue weighted by Gasteiger charge is 2.20. The van der Waals surface area contributed by atoms with Crippen molar-refractivity contribution in [3.8, 4) is 11.5 Å². The zero-order valence-corrected chi connectivity index (χ0v) is 40.8. The van der Waals surface area contributed by atoms with Gasteiger partial charge in [-0.15, -0.1) is 22.9 Å². The Labute approximate surface area is 395 Å². The largest absolute Gasteiger partial charge is 0.507 e. The zero-order valence-electron chi connectivity index (χ0n) is 36.6. The number of hydrogen-bond donors (Lipinski definition) is 7. The number of fused-ring (bicyclic) bond motifs is 2. The van der Waals surface area contributed by atoms with Gasteiger partial charge >= 0.3 is 0 Å². The van der Waals surface area contributed by atoms with E-state index in [1.165, 1.54) is 30.8 Å². The minimum Gasteiger partial charge on any atom is -0.507 e. The number of phenolic OH excluding ortho intramolecular Hbond substituents is 1. The molecule has 23 heteroatoms. The summed E-state index contributed by atoms with van der Waals surface area (Å²) in [7, 11) is -3.02. The number of ether oxygens (including phenoxy) is 1. The number of hydrogen-bond acceptors (Lipinski definition) is 21. The Balaban J connectivity index is 0.000000366. The summed E-state index contributed by atoms with van der Waals surface area (Å²) >= 11 is 8.14. The molecular formula is C42H51N13O5S5. The normalized spacial score (nSPS) is 11.5. The van der Waals surface area contributed by atoms with Crippen LogP contribution in [0.25, 0.3) is 21.8 Å². The third-order valence-corrected chi connectivity index (χ3v) is 13.6. The fraction of sp³-hybridized carbons (Fsp3) is 0.310. The second-order valence-corrected chi connectivity index (χ2v) is 18.6. The number of nitrogens with zero attached hydrogens (tertiary/aromatic N) is 9. The van der Waals surface area contributed by atoms with E-state index in [1.54, 1.807) is 23.9 Å². The molecule has 3 heterocycles. The third kappa shape index (κ3) is 12.0. The van der Waals surface area contributed by atoms with Gasteiger partial charge in [0.15, 0.2) is 10.2 Å². The second-order valence-electron chi connectivity index (χ2n) is 14.1. The molecule has 3 aromatic heterocycles. The molecule has 65 heavy (non-hydrogen) atoms. The molecule has 0 saturated carbocycles. The summed E-state index contributed by atoms with van der Waals surface area (Å²) in [6, 6.07) is 17.9. The summed E-state index contributed by atoms with van der Waals surface area (Å²) in [5.41, 5.74) is 17.8. The number of methoxy groups -OCH3 is 1. The van der Waals surface area contributed by atoms with Crippen molar-refractivity contribution >= 4 is 135 Å². The maximum absolute atomic E-state index is 11.1. The van der Waals surface area contributed by atoms with Gasteiger partial charge in [0.2, 0.25) is 11.9 Å². The number of nitrogens with two attached hydrogens (primary N) is 2. The topological polar surface area (TPSA) is 256 Å². The fourth-order valence-electron chi connectivity index (χ4n) is 6.47. The van der Waals surface area contributed by atoms with Gasteiger partial charge in [-0.3, -0.25) is 4.55 Å². The molecule has 18 nitrogen and oxygen atoms in total. The number of rotatable bonds is 18. The molecule has 0 aliphatic heterocycles. The van der Waals surface area contributed by atoms with Gasteiger partial charge in [-0.25, -0.2) is 0 Å². The Bertz CT molecular complexity index is 2910. The lowest BCUT2D eigenvalue weighted by Crippen LogP contribution is -2.21. The van der Waals surface area contributed by atoms with Crippen LogP contribution in [0.15, 0.2) is 85.8 Å². The molecule has 0 bridgehead atoms. The van der Waals surface area contributed by atoms with Gasteiger partial charge in [-0.1, -0.05) is 25.1 Å².